The Kier molecular flexibility index (Phi) is 4.88. The smallest absolute Gasteiger partial charge is 0.243 e. The van der Waals surface area contributed by atoms with Gasteiger partial charge in [-0.25, -0.2) is 11.0 Å². The number of allylic oxidation sites excluding steroid dienone is 2. The molecule has 1 aliphatic heterocycles. The van der Waals surface area contributed by atoms with Crippen LogP contribution < -0.4 is 21.7 Å². The molecule has 3 aliphatic carbocycles. The van der Waals surface area contributed by atoms with Gasteiger partial charge in [0.2, 0.25) is 5.91 Å². The van der Waals surface area contributed by atoms with Gasteiger partial charge in [-0.15, -0.1) is 0 Å². The van der Waals surface area contributed by atoms with Crippen molar-refractivity contribution >= 4 is 17.4 Å². The predicted octanol–water partition coefficient (Wildman–Crippen LogP) is 3.31. The average Bonchev–Trinajstić information content (AvgIpc) is 3.12. The van der Waals surface area contributed by atoms with Crippen molar-refractivity contribution in [3.63, 3.8) is 0 Å². The predicted molar refractivity (Wildman–Crippen MR) is 120 cm³/mol. The normalized spacial score (nSPS) is 38.8. The fraction of sp³-hybridized carbons (Fsp3) is 0.600. The van der Waals surface area contributed by atoms with Gasteiger partial charge in [0.25, 0.3) is 0 Å². The molecule has 5 rings (SSSR count). The lowest BCUT2D eigenvalue weighted by Gasteiger charge is -2.58. The van der Waals surface area contributed by atoms with Crippen molar-refractivity contribution in [1.29, 1.82) is 0 Å². The summed E-state index contributed by atoms with van der Waals surface area (Å²) < 4.78 is 0. The number of carbonyl (C=O) groups is 2. The van der Waals surface area contributed by atoms with Crippen molar-refractivity contribution in [2.45, 2.75) is 52.4 Å². The van der Waals surface area contributed by atoms with Crippen LogP contribution in [0.2, 0.25) is 0 Å². The highest BCUT2D eigenvalue weighted by Gasteiger charge is 2.60. The summed E-state index contributed by atoms with van der Waals surface area (Å²) >= 11 is 0. The van der Waals surface area contributed by atoms with Crippen LogP contribution in [0.25, 0.3) is 0 Å². The van der Waals surface area contributed by atoms with E-state index in [-0.39, 0.29) is 28.4 Å². The van der Waals surface area contributed by atoms with Gasteiger partial charge in [-0.2, -0.15) is 0 Å². The Morgan fingerprint density at radius 2 is 1.90 bits per heavy atom. The molecule has 0 radical (unpaired) electrons. The number of anilines is 1. The number of rotatable bonds is 3. The summed E-state index contributed by atoms with van der Waals surface area (Å²) in [7, 11) is 0. The maximum Gasteiger partial charge on any atom is 0.243 e. The van der Waals surface area contributed by atoms with Crippen LogP contribution in [0.4, 0.5) is 5.69 Å². The zero-order valence-corrected chi connectivity index (χ0v) is 18.6. The molecule has 4 aliphatic rings. The van der Waals surface area contributed by atoms with Crippen molar-refractivity contribution in [3.05, 3.63) is 42.1 Å². The van der Waals surface area contributed by atoms with E-state index < -0.39 is 0 Å². The van der Waals surface area contributed by atoms with Crippen LogP contribution in [0.3, 0.4) is 0 Å². The van der Waals surface area contributed by atoms with Gasteiger partial charge in [0.1, 0.15) is 0 Å². The molecule has 1 unspecified atom stereocenters. The van der Waals surface area contributed by atoms with E-state index in [4.69, 9.17) is 5.84 Å². The summed E-state index contributed by atoms with van der Waals surface area (Å²) in [4.78, 5) is 25.3. The van der Waals surface area contributed by atoms with Gasteiger partial charge < -0.3 is 5.32 Å². The Morgan fingerprint density at radius 1 is 1.13 bits per heavy atom. The van der Waals surface area contributed by atoms with Crippen LogP contribution in [0.5, 0.6) is 0 Å². The number of hydrogen-bond acceptors (Lipinski definition) is 5. The van der Waals surface area contributed by atoms with Crippen molar-refractivity contribution in [2.24, 2.45) is 40.3 Å². The molecule has 1 saturated heterocycles. The first kappa shape index (κ1) is 20.6. The summed E-state index contributed by atoms with van der Waals surface area (Å²) in [5, 5.41) is 4.98. The Hall–Kier alpha value is -2.34. The minimum absolute atomic E-state index is 0.00742. The molecule has 0 bridgehead atoms. The maximum atomic E-state index is 13.3. The summed E-state index contributed by atoms with van der Waals surface area (Å²) in [6.07, 6.45) is 7.64. The highest BCUT2D eigenvalue weighted by Crippen LogP contribution is 2.64. The third-order valence-electron chi connectivity index (χ3n) is 9.18. The van der Waals surface area contributed by atoms with E-state index in [2.05, 4.69) is 24.6 Å². The van der Waals surface area contributed by atoms with Crippen molar-refractivity contribution in [2.75, 3.05) is 11.7 Å². The van der Waals surface area contributed by atoms with Crippen LogP contribution in [0.1, 0.15) is 52.4 Å². The van der Waals surface area contributed by atoms with E-state index in [1.165, 1.54) is 5.12 Å². The molecule has 6 nitrogen and oxygen atoms in total. The molecule has 0 spiro atoms. The third-order valence-corrected chi connectivity index (χ3v) is 9.18. The first-order chi connectivity index (χ1) is 14.8. The maximum absolute atomic E-state index is 13.3. The standard InChI is InChI=1S/C25H34N4O2/c1-24-13-11-20-18(15-27-22-14-17(30)10-12-25(20,22)2)19(24)8-9-21(24)23(31)28-29(26)16-6-4-3-5-7-16/h3-7,14,18-21,27H,8-13,15,26H2,1-2H3,(H,28,31)/t18-,19-,20+,21?,24-,25+/m0/s1. The molecule has 1 aromatic rings. The van der Waals surface area contributed by atoms with E-state index >= 15 is 0 Å². The molecule has 4 N–H and O–H groups in total. The average molecular weight is 423 g/mol. The van der Waals surface area contributed by atoms with Crippen LogP contribution in [-0.2, 0) is 9.59 Å². The number of benzene rings is 1. The Labute approximate surface area is 184 Å². The summed E-state index contributed by atoms with van der Waals surface area (Å²) in [5.41, 5.74) is 4.93. The molecule has 6 atom stereocenters. The van der Waals surface area contributed by atoms with Gasteiger partial charge >= 0.3 is 0 Å². The highest BCUT2D eigenvalue weighted by atomic mass is 16.2. The lowest BCUT2D eigenvalue weighted by Crippen LogP contribution is -2.58. The first-order valence-corrected chi connectivity index (χ1v) is 11.7. The van der Waals surface area contributed by atoms with E-state index in [1.54, 1.807) is 0 Å². The number of amides is 1. The number of hydrazine groups is 2. The summed E-state index contributed by atoms with van der Waals surface area (Å²) in [5.74, 6) is 8.06. The minimum atomic E-state index is -0.0223. The second kappa shape index (κ2) is 7.37. The molecule has 1 amide bonds. The number of ketones is 1. The van der Waals surface area contributed by atoms with Gasteiger partial charge in [0, 0.05) is 36.1 Å². The molecule has 1 heterocycles. The molecule has 31 heavy (non-hydrogen) atoms. The molecule has 166 valence electrons. The van der Waals surface area contributed by atoms with Crippen LogP contribution in [0, 0.1) is 34.5 Å². The van der Waals surface area contributed by atoms with Gasteiger partial charge in [-0.1, -0.05) is 32.0 Å². The van der Waals surface area contributed by atoms with Crippen molar-refractivity contribution < 1.29 is 9.59 Å². The van der Waals surface area contributed by atoms with Crippen LogP contribution >= 0.6 is 0 Å². The first-order valence-electron chi connectivity index (χ1n) is 11.7. The van der Waals surface area contributed by atoms with E-state index in [9.17, 15) is 9.59 Å². The Balaban J connectivity index is 1.34. The monoisotopic (exact) mass is 422 g/mol. The van der Waals surface area contributed by atoms with Crippen LogP contribution in [-0.4, -0.2) is 18.2 Å². The lowest BCUT2D eigenvalue weighted by molar-refractivity contribution is -0.132. The largest absolute Gasteiger partial charge is 0.387 e. The lowest BCUT2D eigenvalue weighted by atomic mass is 9.50. The third kappa shape index (κ3) is 3.18. The topological polar surface area (TPSA) is 87.5 Å². The van der Waals surface area contributed by atoms with E-state index in [0.717, 1.165) is 50.0 Å². The molecular weight excluding hydrogens is 388 g/mol. The Bertz CT molecular complexity index is 915. The molecular formula is C25H34N4O2. The van der Waals surface area contributed by atoms with E-state index in [0.29, 0.717) is 24.2 Å². The number of fused-ring (bicyclic) bond motifs is 5. The summed E-state index contributed by atoms with van der Waals surface area (Å²) in [6.45, 7) is 5.59. The zero-order valence-electron chi connectivity index (χ0n) is 18.6. The quantitative estimate of drug-likeness (QED) is 0.514. The van der Waals surface area contributed by atoms with E-state index in [1.807, 2.05) is 36.4 Å². The molecule has 1 aromatic carbocycles. The fourth-order valence-electron chi connectivity index (χ4n) is 7.43. The minimum Gasteiger partial charge on any atom is -0.387 e. The second-order valence-corrected chi connectivity index (χ2v) is 10.6. The number of nitrogens with one attached hydrogen (secondary N) is 2. The van der Waals surface area contributed by atoms with Gasteiger partial charge in [0.05, 0.1) is 5.69 Å². The van der Waals surface area contributed by atoms with Crippen LogP contribution in [0.15, 0.2) is 42.1 Å². The number of hydrogen-bond donors (Lipinski definition) is 3. The van der Waals surface area contributed by atoms with Crippen molar-refractivity contribution in [1.82, 2.24) is 10.7 Å². The number of carbonyl (C=O) groups excluding carboxylic acids is 2. The molecule has 0 aromatic heterocycles. The van der Waals surface area contributed by atoms with Gasteiger partial charge in [-0.05, 0) is 67.4 Å². The zero-order chi connectivity index (χ0) is 21.8. The van der Waals surface area contributed by atoms with Crippen molar-refractivity contribution in [3.8, 4) is 0 Å². The highest BCUT2D eigenvalue weighted by molar-refractivity contribution is 5.91. The number of nitrogens with two attached hydrogens (primary N) is 1. The van der Waals surface area contributed by atoms with Gasteiger partial charge in [-0.3, -0.25) is 15.0 Å². The Morgan fingerprint density at radius 3 is 2.68 bits per heavy atom. The molecule has 3 fully saturated rings. The molecule has 6 heteroatoms. The summed E-state index contributed by atoms with van der Waals surface area (Å²) in [6, 6.07) is 9.53. The fourth-order valence-corrected chi connectivity index (χ4v) is 7.43. The number of para-hydroxylation sites is 1. The second-order valence-electron chi connectivity index (χ2n) is 10.6. The SMILES string of the molecule is C[C@]12CCC(=O)C=C1NC[C@@H]1[C@H]2CC[C@]2(C)C(C(=O)NN(N)c3ccccc3)CC[C@@H]12. The van der Waals surface area contributed by atoms with Gasteiger partial charge in [0.15, 0.2) is 5.78 Å². The number of nitrogens with zero attached hydrogens (tertiary/aromatic N) is 1. The number of piperidine rings is 1. The molecule has 2 saturated carbocycles.